The van der Waals surface area contributed by atoms with Crippen LogP contribution in [0.4, 0.5) is 0 Å². The van der Waals surface area contributed by atoms with E-state index in [4.69, 9.17) is 4.74 Å². The average molecular weight is 414 g/mol. The molecule has 6 nitrogen and oxygen atoms in total. The number of para-hydroxylation sites is 1. The van der Waals surface area contributed by atoms with Crippen LogP contribution in [0.3, 0.4) is 0 Å². The van der Waals surface area contributed by atoms with Crippen molar-refractivity contribution in [2.24, 2.45) is 0 Å². The lowest BCUT2D eigenvalue weighted by Crippen LogP contribution is -2.41. The first-order chi connectivity index (χ1) is 15.1. The van der Waals surface area contributed by atoms with Crippen molar-refractivity contribution >= 4 is 28.5 Å². The van der Waals surface area contributed by atoms with Gasteiger partial charge in [0, 0.05) is 35.9 Å². The molecule has 2 heterocycles. The average Bonchev–Trinajstić information content (AvgIpc) is 3.21. The minimum atomic E-state index is -0.299. The molecule has 2 aliphatic rings. The van der Waals surface area contributed by atoms with Crippen LogP contribution >= 0.6 is 0 Å². The Kier molecular flexibility index (Phi) is 4.90. The molecule has 2 aliphatic heterocycles. The maximum Gasteiger partial charge on any atom is 0.261 e. The monoisotopic (exact) mass is 414 g/mol. The smallest absolute Gasteiger partial charge is 0.261 e. The van der Waals surface area contributed by atoms with Crippen molar-refractivity contribution in [3.63, 3.8) is 0 Å². The molecule has 1 unspecified atom stereocenters. The zero-order valence-electron chi connectivity index (χ0n) is 17.0. The topological polar surface area (TPSA) is 75.7 Å². The number of imide groups is 1. The fourth-order valence-electron chi connectivity index (χ4n) is 4.37. The molecule has 0 fully saturated rings. The molecule has 6 heteroatoms. The van der Waals surface area contributed by atoms with Gasteiger partial charge in [0.1, 0.15) is 11.9 Å². The van der Waals surface area contributed by atoms with E-state index < -0.39 is 0 Å². The summed E-state index contributed by atoms with van der Waals surface area (Å²) in [5.41, 5.74) is 2.23. The molecular weight excluding hydrogens is 392 g/mol. The van der Waals surface area contributed by atoms with E-state index >= 15 is 0 Å². The molecule has 0 radical (unpaired) electrons. The fourth-order valence-corrected chi connectivity index (χ4v) is 4.37. The Labute approximate surface area is 179 Å². The Morgan fingerprint density at radius 1 is 0.968 bits per heavy atom. The summed E-state index contributed by atoms with van der Waals surface area (Å²) in [6.07, 6.45) is 1.36. The van der Waals surface area contributed by atoms with Gasteiger partial charge in [0.05, 0.1) is 6.54 Å². The zero-order valence-corrected chi connectivity index (χ0v) is 17.0. The molecule has 156 valence electrons. The number of hydrogen-bond acceptors (Lipinski definition) is 4. The number of fused-ring (bicyclic) bond motifs is 1. The molecule has 1 atom stereocenters. The molecule has 3 aromatic carbocycles. The third-order valence-corrected chi connectivity index (χ3v) is 5.88. The third kappa shape index (κ3) is 3.54. The Morgan fingerprint density at radius 3 is 2.39 bits per heavy atom. The van der Waals surface area contributed by atoms with E-state index in [9.17, 15) is 14.4 Å². The Balaban J connectivity index is 1.15. The van der Waals surface area contributed by atoms with Gasteiger partial charge in [-0.1, -0.05) is 42.5 Å². The predicted octanol–water partition coefficient (Wildman–Crippen LogP) is 3.34. The predicted molar refractivity (Wildman–Crippen MR) is 116 cm³/mol. The maximum absolute atomic E-state index is 12.9. The number of amides is 3. The van der Waals surface area contributed by atoms with E-state index in [2.05, 4.69) is 5.32 Å². The molecule has 3 aromatic rings. The highest BCUT2D eigenvalue weighted by molar-refractivity contribution is 6.25. The van der Waals surface area contributed by atoms with Crippen LogP contribution in [0.25, 0.3) is 10.8 Å². The van der Waals surface area contributed by atoms with Gasteiger partial charge in [0.15, 0.2) is 0 Å². The van der Waals surface area contributed by atoms with Crippen molar-refractivity contribution in [2.75, 3.05) is 13.1 Å². The second-order valence-corrected chi connectivity index (χ2v) is 7.93. The van der Waals surface area contributed by atoms with Crippen molar-refractivity contribution in [1.82, 2.24) is 10.2 Å². The number of rotatable bonds is 6. The quantitative estimate of drug-likeness (QED) is 0.628. The minimum Gasteiger partial charge on any atom is -0.488 e. The molecule has 0 bridgehead atoms. The lowest BCUT2D eigenvalue weighted by molar-refractivity contribution is -0.121. The van der Waals surface area contributed by atoms with Crippen LogP contribution in [-0.2, 0) is 11.2 Å². The van der Waals surface area contributed by atoms with Gasteiger partial charge in [-0.05, 0) is 35.6 Å². The van der Waals surface area contributed by atoms with Crippen LogP contribution in [0.1, 0.15) is 39.1 Å². The van der Waals surface area contributed by atoms with Crippen LogP contribution < -0.4 is 10.1 Å². The SMILES string of the molecule is O=C(CCCN1C(=O)c2cccc3cccc(c23)C1=O)NCC1Cc2ccccc2O1. The molecule has 0 aliphatic carbocycles. The van der Waals surface area contributed by atoms with Crippen molar-refractivity contribution < 1.29 is 19.1 Å². The molecule has 5 rings (SSSR count). The summed E-state index contributed by atoms with van der Waals surface area (Å²) in [6.45, 7) is 0.644. The summed E-state index contributed by atoms with van der Waals surface area (Å²) < 4.78 is 5.83. The van der Waals surface area contributed by atoms with Crippen molar-refractivity contribution in [1.29, 1.82) is 0 Å². The summed E-state index contributed by atoms with van der Waals surface area (Å²) in [5, 5.41) is 4.49. The molecule has 0 saturated carbocycles. The second-order valence-electron chi connectivity index (χ2n) is 7.93. The molecule has 3 amide bonds. The normalized spacial score (nSPS) is 16.9. The van der Waals surface area contributed by atoms with Crippen LogP contribution in [0, 0.1) is 0 Å². The third-order valence-electron chi connectivity index (χ3n) is 5.88. The first-order valence-corrected chi connectivity index (χ1v) is 10.5. The first kappa shape index (κ1) is 19.3. The number of hydrogen-bond donors (Lipinski definition) is 1. The second kappa shape index (κ2) is 7.87. The lowest BCUT2D eigenvalue weighted by Gasteiger charge is -2.27. The number of carbonyl (C=O) groups excluding carboxylic acids is 3. The minimum absolute atomic E-state index is 0.0661. The van der Waals surface area contributed by atoms with Gasteiger partial charge in [-0.2, -0.15) is 0 Å². The molecule has 1 N–H and O–H groups in total. The first-order valence-electron chi connectivity index (χ1n) is 10.5. The highest BCUT2D eigenvalue weighted by Gasteiger charge is 2.32. The molecule has 0 spiro atoms. The van der Waals surface area contributed by atoms with Crippen LogP contribution in [0.2, 0.25) is 0 Å². The highest BCUT2D eigenvalue weighted by Crippen LogP contribution is 2.30. The van der Waals surface area contributed by atoms with E-state index in [0.29, 0.717) is 29.5 Å². The zero-order chi connectivity index (χ0) is 21.4. The van der Waals surface area contributed by atoms with E-state index in [1.54, 1.807) is 12.1 Å². The van der Waals surface area contributed by atoms with Crippen LogP contribution in [-0.4, -0.2) is 41.8 Å². The number of nitrogens with zero attached hydrogens (tertiary/aromatic N) is 1. The Morgan fingerprint density at radius 2 is 1.68 bits per heavy atom. The molecule has 31 heavy (non-hydrogen) atoms. The lowest BCUT2D eigenvalue weighted by atomic mass is 9.94. The van der Waals surface area contributed by atoms with E-state index in [1.807, 2.05) is 48.5 Å². The van der Waals surface area contributed by atoms with Gasteiger partial charge in [0.2, 0.25) is 5.91 Å². The Hall–Kier alpha value is -3.67. The summed E-state index contributed by atoms with van der Waals surface area (Å²) in [6, 6.07) is 18.8. The highest BCUT2D eigenvalue weighted by atomic mass is 16.5. The van der Waals surface area contributed by atoms with Crippen LogP contribution in [0.15, 0.2) is 60.7 Å². The number of ether oxygens (including phenoxy) is 1. The van der Waals surface area contributed by atoms with Gasteiger partial charge in [-0.3, -0.25) is 19.3 Å². The van der Waals surface area contributed by atoms with Crippen molar-refractivity contribution in [3.05, 3.63) is 77.4 Å². The number of nitrogens with one attached hydrogen (secondary N) is 1. The van der Waals surface area contributed by atoms with Gasteiger partial charge in [0.25, 0.3) is 11.8 Å². The number of carbonyl (C=O) groups is 3. The largest absolute Gasteiger partial charge is 0.488 e. The van der Waals surface area contributed by atoms with Crippen molar-refractivity contribution in [2.45, 2.75) is 25.4 Å². The molecular formula is C25H22N2O4. The van der Waals surface area contributed by atoms with Crippen LogP contribution in [0.5, 0.6) is 5.75 Å². The van der Waals surface area contributed by atoms with Gasteiger partial charge in [-0.25, -0.2) is 0 Å². The summed E-state index contributed by atoms with van der Waals surface area (Å²) in [5.74, 6) is 0.164. The molecule has 0 aromatic heterocycles. The maximum atomic E-state index is 12.9. The summed E-state index contributed by atoms with van der Waals surface area (Å²) >= 11 is 0. The Bertz CT molecular complexity index is 1130. The summed E-state index contributed by atoms with van der Waals surface area (Å²) in [7, 11) is 0. The summed E-state index contributed by atoms with van der Waals surface area (Å²) in [4.78, 5) is 39.3. The van der Waals surface area contributed by atoms with E-state index in [-0.39, 0.29) is 36.8 Å². The van der Waals surface area contributed by atoms with Crippen molar-refractivity contribution in [3.8, 4) is 5.75 Å². The standard InChI is InChI=1S/C25H22N2O4/c28-22(26-15-18-14-17-6-1-2-11-21(17)31-18)12-5-13-27-24(29)19-9-3-7-16-8-4-10-20(23(16)19)25(27)30/h1-4,6-11,18H,5,12-15H2,(H,26,28). The molecule has 0 saturated heterocycles. The van der Waals surface area contributed by atoms with E-state index in [0.717, 1.165) is 23.1 Å². The fraction of sp³-hybridized carbons (Fsp3) is 0.240. The van der Waals surface area contributed by atoms with Gasteiger partial charge >= 0.3 is 0 Å². The number of benzene rings is 3. The van der Waals surface area contributed by atoms with Gasteiger partial charge < -0.3 is 10.1 Å². The van der Waals surface area contributed by atoms with Gasteiger partial charge in [-0.15, -0.1) is 0 Å². The van der Waals surface area contributed by atoms with E-state index in [1.165, 1.54) is 4.90 Å².